The lowest BCUT2D eigenvalue weighted by atomic mass is 10.0. The second-order valence-corrected chi connectivity index (χ2v) is 8.24. The van der Waals surface area contributed by atoms with Crippen molar-refractivity contribution in [3.8, 4) is 5.75 Å². The molecule has 1 atom stereocenters. The summed E-state index contributed by atoms with van der Waals surface area (Å²) in [5.74, 6) is -1.41. The lowest BCUT2D eigenvalue weighted by molar-refractivity contribution is -0.143. The van der Waals surface area contributed by atoms with Crippen LogP contribution in [0.3, 0.4) is 0 Å². The van der Waals surface area contributed by atoms with E-state index in [1.54, 1.807) is 24.3 Å². The summed E-state index contributed by atoms with van der Waals surface area (Å²) in [5, 5.41) is 2.29. The molecule has 0 aliphatic heterocycles. The fourth-order valence-electron chi connectivity index (χ4n) is 3.51. The van der Waals surface area contributed by atoms with E-state index in [0.717, 1.165) is 5.56 Å². The van der Waals surface area contributed by atoms with Crippen molar-refractivity contribution in [2.75, 3.05) is 0 Å². The zero-order valence-corrected chi connectivity index (χ0v) is 19.2. The van der Waals surface area contributed by atoms with Crippen LogP contribution in [0.25, 0.3) is 0 Å². The number of rotatable bonds is 9. The smallest absolute Gasteiger partial charge is 0.416 e. The number of carbonyl (C=O) groups is 2. The number of amides is 2. The third kappa shape index (κ3) is 8.26. The van der Waals surface area contributed by atoms with Gasteiger partial charge >= 0.3 is 12.4 Å². The van der Waals surface area contributed by atoms with Gasteiger partial charge in [-0.3, -0.25) is 9.59 Å². The molecule has 0 unspecified atom stereocenters. The Hall–Kier alpha value is -4.02. The van der Waals surface area contributed by atoms with E-state index in [-0.39, 0.29) is 19.1 Å². The minimum absolute atomic E-state index is 0.0273. The fourth-order valence-corrected chi connectivity index (χ4v) is 3.51. The monoisotopic (exact) mass is 524 g/mol. The van der Waals surface area contributed by atoms with Gasteiger partial charge in [-0.05, 0) is 47.0 Å². The molecule has 0 saturated heterocycles. The second kappa shape index (κ2) is 11.4. The Morgan fingerprint density at radius 2 is 1.38 bits per heavy atom. The molecule has 3 N–H and O–H groups in total. The van der Waals surface area contributed by atoms with E-state index < -0.39 is 53.3 Å². The van der Waals surface area contributed by atoms with Crippen molar-refractivity contribution >= 4 is 11.8 Å². The molecule has 3 rings (SSSR count). The van der Waals surface area contributed by atoms with E-state index in [0.29, 0.717) is 23.4 Å². The zero-order valence-electron chi connectivity index (χ0n) is 19.2. The van der Waals surface area contributed by atoms with Gasteiger partial charge in [0.1, 0.15) is 18.4 Å². The SMILES string of the molecule is NC(=O)[C@@H](Cc1cccc(OCc2ccccc2)c1)NC(=O)Cc1cc(C(F)(F)F)cc(C(F)(F)F)c1. The molecule has 196 valence electrons. The van der Waals surface area contributed by atoms with Crippen molar-refractivity contribution in [2.45, 2.75) is 37.8 Å². The number of benzene rings is 3. The van der Waals surface area contributed by atoms with Crippen molar-refractivity contribution in [3.05, 3.63) is 101 Å². The molecule has 0 aromatic heterocycles. The summed E-state index contributed by atoms with van der Waals surface area (Å²) in [7, 11) is 0. The van der Waals surface area contributed by atoms with Crippen molar-refractivity contribution in [2.24, 2.45) is 5.73 Å². The minimum atomic E-state index is -5.05. The largest absolute Gasteiger partial charge is 0.489 e. The second-order valence-electron chi connectivity index (χ2n) is 8.24. The van der Waals surface area contributed by atoms with Gasteiger partial charge in [0.2, 0.25) is 11.8 Å². The number of carbonyl (C=O) groups excluding carboxylic acids is 2. The highest BCUT2D eigenvalue weighted by atomic mass is 19.4. The zero-order chi connectivity index (χ0) is 27.2. The van der Waals surface area contributed by atoms with Gasteiger partial charge in [0.15, 0.2) is 0 Å². The van der Waals surface area contributed by atoms with E-state index in [4.69, 9.17) is 10.5 Å². The molecule has 0 aliphatic rings. The predicted molar refractivity (Wildman–Crippen MR) is 122 cm³/mol. The first-order valence-electron chi connectivity index (χ1n) is 10.9. The number of ether oxygens (including phenoxy) is 1. The molecule has 0 bridgehead atoms. The maximum absolute atomic E-state index is 13.1. The average Bonchev–Trinajstić information content (AvgIpc) is 2.82. The van der Waals surface area contributed by atoms with Gasteiger partial charge in [-0.15, -0.1) is 0 Å². The summed E-state index contributed by atoms with van der Waals surface area (Å²) < 4.78 is 84.2. The molecule has 0 radical (unpaired) electrons. The van der Waals surface area contributed by atoms with Gasteiger partial charge < -0.3 is 15.8 Å². The summed E-state index contributed by atoms with van der Waals surface area (Å²) >= 11 is 0. The van der Waals surface area contributed by atoms with Gasteiger partial charge in [0, 0.05) is 6.42 Å². The van der Waals surface area contributed by atoms with Crippen LogP contribution in [0.2, 0.25) is 0 Å². The van der Waals surface area contributed by atoms with Gasteiger partial charge in [-0.1, -0.05) is 42.5 Å². The minimum Gasteiger partial charge on any atom is -0.489 e. The van der Waals surface area contributed by atoms with Crippen LogP contribution >= 0.6 is 0 Å². The van der Waals surface area contributed by atoms with Gasteiger partial charge in [-0.25, -0.2) is 0 Å². The fraction of sp³-hybridized carbons (Fsp3) is 0.231. The molecule has 0 spiro atoms. The van der Waals surface area contributed by atoms with Crippen LogP contribution in [-0.4, -0.2) is 17.9 Å². The van der Waals surface area contributed by atoms with Crippen LogP contribution < -0.4 is 15.8 Å². The average molecular weight is 524 g/mol. The van der Waals surface area contributed by atoms with Crippen LogP contribution in [0.15, 0.2) is 72.8 Å². The molecule has 37 heavy (non-hydrogen) atoms. The molecule has 3 aromatic carbocycles. The highest BCUT2D eigenvalue weighted by Crippen LogP contribution is 2.36. The van der Waals surface area contributed by atoms with E-state index >= 15 is 0 Å². The Morgan fingerprint density at radius 1 is 0.784 bits per heavy atom. The molecular formula is C26H22F6N2O3. The number of nitrogens with two attached hydrogens (primary N) is 1. The number of nitrogens with one attached hydrogen (secondary N) is 1. The summed E-state index contributed by atoms with van der Waals surface area (Å²) in [6.07, 6.45) is -11.0. The number of hydrogen-bond donors (Lipinski definition) is 2. The van der Waals surface area contributed by atoms with Crippen molar-refractivity contribution in [1.82, 2.24) is 5.32 Å². The molecular weight excluding hydrogens is 502 g/mol. The highest BCUT2D eigenvalue weighted by Gasteiger charge is 2.37. The molecule has 2 amide bonds. The molecule has 0 aliphatic carbocycles. The molecule has 0 heterocycles. The van der Waals surface area contributed by atoms with Gasteiger partial charge in [-0.2, -0.15) is 26.3 Å². The molecule has 0 fully saturated rings. The summed E-state index contributed by atoms with van der Waals surface area (Å²) in [5.41, 5.74) is 3.28. The quantitative estimate of drug-likeness (QED) is 0.384. The predicted octanol–water partition coefficient (Wildman–Crippen LogP) is 5.06. The maximum Gasteiger partial charge on any atom is 0.416 e. The summed E-state index contributed by atoms with van der Waals surface area (Å²) in [6.45, 7) is 0.289. The van der Waals surface area contributed by atoms with E-state index in [1.807, 2.05) is 30.3 Å². The summed E-state index contributed by atoms with van der Waals surface area (Å²) in [4.78, 5) is 24.4. The van der Waals surface area contributed by atoms with Crippen molar-refractivity contribution in [1.29, 1.82) is 0 Å². The Morgan fingerprint density at radius 3 is 1.95 bits per heavy atom. The number of hydrogen-bond acceptors (Lipinski definition) is 3. The Kier molecular flexibility index (Phi) is 8.46. The lowest BCUT2D eigenvalue weighted by Crippen LogP contribution is -2.46. The van der Waals surface area contributed by atoms with Crippen LogP contribution in [0.4, 0.5) is 26.3 Å². The Bertz CT molecular complexity index is 1210. The van der Waals surface area contributed by atoms with Crippen LogP contribution in [-0.2, 0) is 41.4 Å². The number of alkyl halides is 6. The van der Waals surface area contributed by atoms with Gasteiger partial charge in [0.25, 0.3) is 0 Å². The molecule has 3 aromatic rings. The first-order valence-corrected chi connectivity index (χ1v) is 10.9. The highest BCUT2D eigenvalue weighted by molar-refractivity contribution is 5.87. The maximum atomic E-state index is 13.1. The standard InChI is InChI=1S/C26H22F6N2O3/c27-25(28,29)19-9-18(10-20(14-19)26(30,31)32)13-23(35)34-22(24(33)36)12-17-7-4-8-21(11-17)37-15-16-5-2-1-3-6-16/h1-11,14,22H,12-13,15H2,(H2,33,36)(H,34,35)/t22-/m1/s1. The van der Waals surface area contributed by atoms with Crippen LogP contribution in [0, 0.1) is 0 Å². The van der Waals surface area contributed by atoms with E-state index in [1.165, 1.54) is 0 Å². The van der Waals surface area contributed by atoms with E-state index in [2.05, 4.69) is 5.32 Å². The number of halogens is 6. The topological polar surface area (TPSA) is 81.4 Å². The van der Waals surface area contributed by atoms with Crippen LogP contribution in [0.1, 0.15) is 27.8 Å². The van der Waals surface area contributed by atoms with Crippen molar-refractivity contribution < 1.29 is 40.7 Å². The Labute approximate surface area is 208 Å². The first kappa shape index (κ1) is 27.6. The lowest BCUT2D eigenvalue weighted by Gasteiger charge is -2.17. The molecule has 11 heteroatoms. The Balaban J connectivity index is 1.70. The van der Waals surface area contributed by atoms with E-state index in [9.17, 15) is 35.9 Å². The third-order valence-electron chi connectivity index (χ3n) is 5.28. The van der Waals surface area contributed by atoms with Crippen molar-refractivity contribution in [3.63, 3.8) is 0 Å². The number of primary amides is 1. The molecule has 5 nitrogen and oxygen atoms in total. The molecule has 0 saturated carbocycles. The first-order chi connectivity index (χ1) is 17.3. The summed E-state index contributed by atoms with van der Waals surface area (Å²) in [6, 6.07) is 15.6. The normalized spacial score (nSPS) is 12.6. The third-order valence-corrected chi connectivity index (χ3v) is 5.28. The van der Waals surface area contributed by atoms with Crippen LogP contribution in [0.5, 0.6) is 5.75 Å². The van der Waals surface area contributed by atoms with Gasteiger partial charge in [0.05, 0.1) is 17.5 Å².